The van der Waals surface area contributed by atoms with E-state index in [4.69, 9.17) is 0 Å². The van der Waals surface area contributed by atoms with Gasteiger partial charge in [0.05, 0.1) is 11.3 Å². The number of nitrogens with zero attached hydrogens (tertiary/aromatic N) is 2. The summed E-state index contributed by atoms with van der Waals surface area (Å²) in [5, 5.41) is 3.28. The molecular weight excluding hydrogens is 257 g/mol. The monoisotopic (exact) mass is 275 g/mol. The highest BCUT2D eigenvalue weighted by molar-refractivity contribution is 5.42. The third kappa shape index (κ3) is 2.22. The quantitative estimate of drug-likeness (QED) is 0.914. The Morgan fingerprint density at radius 2 is 2.15 bits per heavy atom. The van der Waals surface area contributed by atoms with E-state index in [1.807, 2.05) is 6.07 Å². The molecule has 1 aliphatic rings. The number of halogens is 1. The summed E-state index contributed by atoms with van der Waals surface area (Å²) in [6, 6.07) is 5.39. The molecule has 3 rings (SSSR count). The Morgan fingerprint density at radius 1 is 1.40 bits per heavy atom. The maximum atomic E-state index is 14.0. The van der Waals surface area contributed by atoms with Gasteiger partial charge in [0.2, 0.25) is 0 Å². The lowest BCUT2D eigenvalue weighted by molar-refractivity contribution is 0.359. The molecule has 2 aromatic heterocycles. The molecule has 0 radical (unpaired) electrons. The average Bonchev–Trinajstić information content (AvgIpc) is 2.47. The molecule has 0 saturated carbocycles. The molecule has 5 heteroatoms. The van der Waals surface area contributed by atoms with Gasteiger partial charge in [0.1, 0.15) is 11.8 Å². The molecule has 1 unspecified atom stereocenters. The molecule has 1 atom stereocenters. The summed E-state index contributed by atoms with van der Waals surface area (Å²) in [6.45, 7) is 3.19. The van der Waals surface area contributed by atoms with E-state index in [9.17, 15) is 9.18 Å². The van der Waals surface area contributed by atoms with Crippen molar-refractivity contribution in [3.05, 3.63) is 46.0 Å². The highest BCUT2D eigenvalue weighted by atomic mass is 19.1. The van der Waals surface area contributed by atoms with Gasteiger partial charge in [-0.2, -0.15) is 0 Å². The van der Waals surface area contributed by atoms with Crippen molar-refractivity contribution < 1.29 is 4.39 Å². The number of pyridine rings is 1. The lowest BCUT2D eigenvalue weighted by Crippen LogP contribution is -2.30. The fourth-order valence-corrected chi connectivity index (χ4v) is 2.90. The van der Waals surface area contributed by atoms with Gasteiger partial charge in [0.25, 0.3) is 5.56 Å². The molecule has 1 fully saturated rings. The normalized spacial score (nSPS) is 18.3. The molecule has 4 nitrogen and oxygen atoms in total. The number of nitrogens with one attached hydrogen (secondary N) is 1. The Hall–Kier alpha value is -1.75. The molecule has 1 aliphatic heterocycles. The summed E-state index contributed by atoms with van der Waals surface area (Å²) in [6.07, 6.45) is 2.14. The fourth-order valence-electron chi connectivity index (χ4n) is 2.90. The number of aromatic nitrogens is 2. The van der Waals surface area contributed by atoms with Crippen LogP contribution in [0.4, 0.5) is 4.39 Å². The summed E-state index contributed by atoms with van der Waals surface area (Å²) in [5.41, 5.74) is 1.19. The van der Waals surface area contributed by atoms with Gasteiger partial charge in [-0.15, -0.1) is 0 Å². The van der Waals surface area contributed by atoms with Crippen molar-refractivity contribution in [3.63, 3.8) is 0 Å². The number of rotatable bonds is 2. The van der Waals surface area contributed by atoms with E-state index in [0.717, 1.165) is 25.9 Å². The maximum Gasteiger partial charge on any atom is 0.264 e. The molecular formula is C15H18FN3O. The largest absolute Gasteiger partial charge is 0.317 e. The van der Waals surface area contributed by atoms with Crippen LogP contribution in [0.15, 0.2) is 29.2 Å². The molecule has 2 aromatic rings. The Morgan fingerprint density at radius 3 is 2.85 bits per heavy atom. The van der Waals surface area contributed by atoms with Crippen molar-refractivity contribution in [2.45, 2.75) is 31.9 Å². The lowest BCUT2D eigenvalue weighted by Gasteiger charge is -2.24. The summed E-state index contributed by atoms with van der Waals surface area (Å²) >= 11 is 0. The van der Waals surface area contributed by atoms with Gasteiger partial charge in [-0.25, -0.2) is 9.37 Å². The van der Waals surface area contributed by atoms with Crippen LogP contribution in [0.5, 0.6) is 0 Å². The van der Waals surface area contributed by atoms with Gasteiger partial charge in [0, 0.05) is 12.1 Å². The predicted molar refractivity (Wildman–Crippen MR) is 75.8 cm³/mol. The van der Waals surface area contributed by atoms with Crippen molar-refractivity contribution in [1.82, 2.24) is 14.7 Å². The molecule has 0 aromatic carbocycles. The highest BCUT2D eigenvalue weighted by Crippen LogP contribution is 2.29. The van der Waals surface area contributed by atoms with Gasteiger partial charge in [0.15, 0.2) is 0 Å². The van der Waals surface area contributed by atoms with Crippen molar-refractivity contribution in [1.29, 1.82) is 0 Å². The zero-order valence-electron chi connectivity index (χ0n) is 11.5. The number of piperidine rings is 1. The van der Waals surface area contributed by atoms with Crippen LogP contribution in [0.2, 0.25) is 0 Å². The predicted octanol–water partition coefficient (Wildman–Crippen LogP) is 2.19. The highest BCUT2D eigenvalue weighted by Gasteiger charge is 2.25. The van der Waals surface area contributed by atoms with Crippen LogP contribution in [-0.2, 0) is 0 Å². The zero-order chi connectivity index (χ0) is 14.1. The topological polar surface area (TPSA) is 46.4 Å². The van der Waals surface area contributed by atoms with E-state index in [1.165, 1.54) is 11.3 Å². The second kappa shape index (κ2) is 5.32. The van der Waals surface area contributed by atoms with Crippen LogP contribution in [0.25, 0.3) is 5.65 Å². The minimum atomic E-state index is -1.29. The zero-order valence-corrected chi connectivity index (χ0v) is 11.5. The standard InChI is InChI=1S/C15H18FN3O/c1-10(16)13-14(11-5-7-17-8-6-11)18-12-4-2-3-9-19(12)15(13)20/h2-4,9-11,17H,5-8H2,1H3. The van der Waals surface area contributed by atoms with Crippen molar-refractivity contribution >= 4 is 5.65 Å². The van der Waals surface area contributed by atoms with E-state index in [0.29, 0.717) is 11.3 Å². The Kier molecular flexibility index (Phi) is 3.53. The molecule has 0 aliphatic carbocycles. The SMILES string of the molecule is CC(F)c1c(C2CCNCC2)nc2ccccn2c1=O. The van der Waals surface area contributed by atoms with E-state index in [1.54, 1.807) is 18.3 Å². The lowest BCUT2D eigenvalue weighted by atomic mass is 9.90. The first kappa shape index (κ1) is 13.2. The number of hydrogen-bond acceptors (Lipinski definition) is 3. The third-order valence-corrected chi connectivity index (χ3v) is 3.92. The van der Waals surface area contributed by atoms with Crippen LogP contribution >= 0.6 is 0 Å². The molecule has 1 N–H and O–H groups in total. The average molecular weight is 275 g/mol. The number of fused-ring (bicyclic) bond motifs is 1. The smallest absolute Gasteiger partial charge is 0.264 e. The Bertz CT molecular complexity index is 674. The molecule has 0 spiro atoms. The van der Waals surface area contributed by atoms with Crippen molar-refractivity contribution in [3.8, 4) is 0 Å². The molecule has 20 heavy (non-hydrogen) atoms. The summed E-state index contributed by atoms with van der Waals surface area (Å²) in [4.78, 5) is 17.1. The molecule has 0 amide bonds. The summed E-state index contributed by atoms with van der Waals surface area (Å²) in [7, 11) is 0. The third-order valence-electron chi connectivity index (χ3n) is 3.92. The van der Waals surface area contributed by atoms with Gasteiger partial charge >= 0.3 is 0 Å². The van der Waals surface area contributed by atoms with Crippen LogP contribution in [-0.4, -0.2) is 22.5 Å². The van der Waals surface area contributed by atoms with Gasteiger partial charge in [-0.1, -0.05) is 6.07 Å². The Balaban J connectivity index is 2.23. The van der Waals surface area contributed by atoms with Gasteiger partial charge in [-0.3, -0.25) is 9.20 Å². The van der Waals surface area contributed by atoms with Gasteiger partial charge < -0.3 is 5.32 Å². The first-order chi connectivity index (χ1) is 9.68. The van der Waals surface area contributed by atoms with Crippen LogP contribution < -0.4 is 10.9 Å². The van der Waals surface area contributed by atoms with Crippen LogP contribution in [0.3, 0.4) is 0 Å². The molecule has 1 saturated heterocycles. The number of alkyl halides is 1. The summed E-state index contributed by atoms with van der Waals surface area (Å²) < 4.78 is 15.4. The second-order valence-corrected chi connectivity index (χ2v) is 5.28. The van der Waals surface area contributed by atoms with E-state index in [-0.39, 0.29) is 17.0 Å². The van der Waals surface area contributed by atoms with Crippen molar-refractivity contribution in [2.24, 2.45) is 0 Å². The van der Waals surface area contributed by atoms with E-state index >= 15 is 0 Å². The minimum Gasteiger partial charge on any atom is -0.317 e. The Labute approximate surface area is 116 Å². The second-order valence-electron chi connectivity index (χ2n) is 5.28. The van der Waals surface area contributed by atoms with E-state index < -0.39 is 6.17 Å². The van der Waals surface area contributed by atoms with E-state index in [2.05, 4.69) is 10.3 Å². The first-order valence-corrected chi connectivity index (χ1v) is 7.04. The fraction of sp³-hybridized carbons (Fsp3) is 0.467. The minimum absolute atomic E-state index is 0.169. The molecule has 3 heterocycles. The van der Waals surface area contributed by atoms with Crippen molar-refractivity contribution in [2.75, 3.05) is 13.1 Å². The maximum absolute atomic E-state index is 14.0. The molecule has 106 valence electrons. The van der Waals surface area contributed by atoms with Crippen LogP contribution in [0, 0.1) is 0 Å². The number of hydrogen-bond donors (Lipinski definition) is 1. The van der Waals surface area contributed by atoms with Gasteiger partial charge in [-0.05, 0) is 45.0 Å². The summed E-state index contributed by atoms with van der Waals surface area (Å²) in [5.74, 6) is 0.169. The van der Waals surface area contributed by atoms with Crippen LogP contribution in [0.1, 0.15) is 43.1 Å². The first-order valence-electron chi connectivity index (χ1n) is 7.04. The molecule has 0 bridgehead atoms.